The predicted octanol–water partition coefficient (Wildman–Crippen LogP) is -0.158. The van der Waals surface area contributed by atoms with Gasteiger partial charge < -0.3 is 39.1 Å². The van der Waals surface area contributed by atoms with Gasteiger partial charge in [-0.05, 0) is 13.0 Å². The van der Waals surface area contributed by atoms with Gasteiger partial charge in [0.25, 0.3) is 5.56 Å². The van der Waals surface area contributed by atoms with Gasteiger partial charge in [0.1, 0.15) is 24.4 Å². The third-order valence-electron chi connectivity index (χ3n) is 3.87. The summed E-state index contributed by atoms with van der Waals surface area (Å²) in [7, 11) is -15.3. The van der Waals surface area contributed by atoms with Gasteiger partial charge in [-0.2, -0.15) is 8.62 Å². The van der Waals surface area contributed by atoms with Crippen LogP contribution in [0.25, 0.3) is 0 Å². The van der Waals surface area contributed by atoms with Gasteiger partial charge in [-0.3, -0.25) is 9.32 Å². The standard InChI is InChI=1S/C12H20NO14P3/c1-6-3-7(4-13-12(6)15)10-11(23-2)9(14)8(25-10)5-24-29(19,20)27-30(21,22)26-28(16,17)18/h3-4,8-11,14H,5H2,1-2H3,(H,13,15)(H,19,20)(H,21,22)(H2,16,17,18)/t8-,9?,10+,11+/m1/s1. The number of nitrogens with one attached hydrogen (secondary N) is 1. The SMILES string of the molecule is CO[C@H]1C(O)[C@@H](COP(=O)(O)OP(=O)(O)OP(=O)(O)O)O[C@H]1c1c[nH]c(=O)c(C)c1. The summed E-state index contributed by atoms with van der Waals surface area (Å²) >= 11 is 0. The van der Waals surface area contributed by atoms with Crippen LogP contribution < -0.4 is 5.56 Å². The first-order chi connectivity index (χ1) is 13.6. The van der Waals surface area contributed by atoms with Gasteiger partial charge in [-0.15, -0.1) is 0 Å². The van der Waals surface area contributed by atoms with Crippen LogP contribution in [0.2, 0.25) is 0 Å². The number of aryl methyl sites for hydroxylation is 1. The second-order valence-corrected chi connectivity index (χ2v) is 10.5. The molecule has 0 saturated carbocycles. The monoisotopic (exact) mass is 495 g/mol. The normalized spacial score (nSPS) is 28.8. The lowest BCUT2D eigenvalue weighted by Gasteiger charge is -2.19. The topological polar surface area (TPSA) is 231 Å². The average molecular weight is 495 g/mol. The fourth-order valence-corrected chi connectivity index (χ4v) is 5.69. The van der Waals surface area contributed by atoms with Crippen LogP contribution in [-0.4, -0.2) is 61.7 Å². The van der Waals surface area contributed by atoms with Gasteiger partial charge in [-0.1, -0.05) is 0 Å². The molecule has 1 aromatic rings. The van der Waals surface area contributed by atoms with Crippen LogP contribution in [0.15, 0.2) is 17.1 Å². The number of H-pyrrole nitrogens is 1. The maximum absolute atomic E-state index is 11.8. The van der Waals surface area contributed by atoms with Crippen LogP contribution in [-0.2, 0) is 36.3 Å². The second kappa shape index (κ2) is 9.39. The molecule has 0 aliphatic carbocycles. The van der Waals surface area contributed by atoms with Crippen molar-refractivity contribution in [2.75, 3.05) is 13.7 Å². The molecule has 1 aromatic heterocycles. The van der Waals surface area contributed by atoms with E-state index in [2.05, 4.69) is 18.1 Å². The lowest BCUT2D eigenvalue weighted by atomic mass is 10.0. The summed E-state index contributed by atoms with van der Waals surface area (Å²) in [6.45, 7) is 0.700. The minimum Gasteiger partial charge on any atom is -0.387 e. The first-order valence-corrected chi connectivity index (χ1v) is 12.5. The van der Waals surface area contributed by atoms with Crippen LogP contribution in [0.4, 0.5) is 0 Å². The van der Waals surface area contributed by atoms with E-state index in [1.54, 1.807) is 6.92 Å². The molecule has 0 radical (unpaired) electrons. The highest BCUT2D eigenvalue weighted by Gasteiger charge is 2.47. The molecule has 1 aliphatic heterocycles. The average Bonchev–Trinajstić information content (AvgIpc) is 2.88. The van der Waals surface area contributed by atoms with Gasteiger partial charge in [0, 0.05) is 24.4 Å². The second-order valence-electron chi connectivity index (χ2n) is 6.12. The molecule has 0 amide bonds. The zero-order valence-electron chi connectivity index (χ0n) is 15.4. The van der Waals surface area contributed by atoms with Gasteiger partial charge in [-0.25, -0.2) is 13.7 Å². The summed E-state index contributed by atoms with van der Waals surface area (Å²) < 4.78 is 56.2. The minimum absolute atomic E-state index is 0.338. The molecule has 0 bridgehead atoms. The Labute approximate surface area is 169 Å². The molecule has 0 spiro atoms. The maximum Gasteiger partial charge on any atom is 0.490 e. The van der Waals surface area contributed by atoms with Crippen LogP contribution >= 0.6 is 23.5 Å². The molecule has 172 valence electrons. The van der Waals surface area contributed by atoms with Gasteiger partial charge in [0.05, 0.1) is 6.61 Å². The van der Waals surface area contributed by atoms with E-state index < -0.39 is 54.5 Å². The molecule has 6 N–H and O–H groups in total. The van der Waals surface area contributed by atoms with Crippen molar-refractivity contribution in [2.45, 2.75) is 31.3 Å². The van der Waals surface area contributed by atoms with Crippen molar-refractivity contribution in [1.29, 1.82) is 0 Å². The lowest BCUT2D eigenvalue weighted by Crippen LogP contribution is -2.34. The maximum atomic E-state index is 11.8. The van der Waals surface area contributed by atoms with Crippen molar-refractivity contribution >= 4 is 23.5 Å². The predicted molar refractivity (Wildman–Crippen MR) is 96.0 cm³/mol. The smallest absolute Gasteiger partial charge is 0.387 e. The van der Waals surface area contributed by atoms with E-state index in [1.165, 1.54) is 19.4 Å². The number of hydrogen-bond donors (Lipinski definition) is 6. The van der Waals surface area contributed by atoms with Crippen LogP contribution in [0.3, 0.4) is 0 Å². The number of aromatic amines is 1. The van der Waals surface area contributed by atoms with Gasteiger partial charge in [0.15, 0.2) is 0 Å². The van der Waals surface area contributed by atoms with Crippen molar-refractivity contribution in [3.8, 4) is 0 Å². The number of methoxy groups -OCH3 is 1. The number of hydrogen-bond acceptors (Lipinski definition) is 10. The van der Waals surface area contributed by atoms with E-state index in [0.717, 1.165) is 0 Å². The quantitative estimate of drug-likeness (QED) is 0.245. The Bertz CT molecular complexity index is 958. The number of aromatic nitrogens is 1. The Hall–Kier alpha value is -0.760. The summed E-state index contributed by atoms with van der Waals surface area (Å²) in [6.07, 6.45) is -3.21. The summed E-state index contributed by atoms with van der Waals surface area (Å²) in [4.78, 5) is 49.6. The van der Waals surface area contributed by atoms with E-state index >= 15 is 0 Å². The Morgan fingerprint density at radius 2 is 1.77 bits per heavy atom. The van der Waals surface area contributed by atoms with E-state index in [1.807, 2.05) is 0 Å². The molecule has 30 heavy (non-hydrogen) atoms. The molecule has 2 heterocycles. The summed E-state index contributed by atoms with van der Waals surface area (Å²) in [6, 6.07) is 1.49. The van der Waals surface area contributed by atoms with Gasteiger partial charge >= 0.3 is 23.5 Å². The highest BCUT2D eigenvalue weighted by atomic mass is 31.3. The Kier molecular flexibility index (Phi) is 7.98. The van der Waals surface area contributed by atoms with E-state index in [-0.39, 0.29) is 5.56 Å². The first kappa shape index (κ1) is 25.5. The number of aliphatic hydroxyl groups is 1. The number of aliphatic hydroxyl groups excluding tert-OH is 1. The summed E-state index contributed by atoms with van der Waals surface area (Å²) in [5.41, 5.74) is 0.450. The Balaban J connectivity index is 2.08. The molecule has 1 fully saturated rings. The number of pyridine rings is 1. The van der Waals surface area contributed by atoms with E-state index in [0.29, 0.717) is 11.1 Å². The van der Waals surface area contributed by atoms with Gasteiger partial charge in [0.2, 0.25) is 0 Å². The molecular weight excluding hydrogens is 475 g/mol. The zero-order valence-corrected chi connectivity index (χ0v) is 18.1. The zero-order chi connectivity index (χ0) is 22.9. The van der Waals surface area contributed by atoms with Crippen LogP contribution in [0.5, 0.6) is 0 Å². The highest BCUT2D eigenvalue weighted by molar-refractivity contribution is 7.66. The molecule has 1 aliphatic rings. The number of phosphoric acid groups is 3. The minimum atomic E-state index is -5.66. The van der Waals surface area contributed by atoms with Crippen molar-refractivity contribution in [2.24, 2.45) is 0 Å². The largest absolute Gasteiger partial charge is 0.490 e. The van der Waals surface area contributed by atoms with Crippen molar-refractivity contribution in [3.63, 3.8) is 0 Å². The third-order valence-corrected chi connectivity index (χ3v) is 7.67. The van der Waals surface area contributed by atoms with E-state index in [4.69, 9.17) is 24.2 Å². The van der Waals surface area contributed by atoms with Crippen LogP contribution in [0, 0.1) is 6.92 Å². The summed E-state index contributed by atoms with van der Waals surface area (Å²) in [5.74, 6) is 0. The molecular formula is C12H20NO14P3. The number of rotatable bonds is 9. The molecule has 0 aromatic carbocycles. The molecule has 18 heteroatoms. The lowest BCUT2D eigenvalue weighted by molar-refractivity contribution is -0.0230. The van der Waals surface area contributed by atoms with Crippen LogP contribution in [0.1, 0.15) is 17.2 Å². The molecule has 2 rings (SSSR count). The molecule has 3 unspecified atom stereocenters. The molecule has 6 atom stereocenters. The highest BCUT2D eigenvalue weighted by Crippen LogP contribution is 2.66. The van der Waals surface area contributed by atoms with Crippen molar-refractivity contribution in [3.05, 3.63) is 33.7 Å². The fraction of sp³-hybridized carbons (Fsp3) is 0.583. The molecule has 1 saturated heterocycles. The molecule has 15 nitrogen and oxygen atoms in total. The third kappa shape index (κ3) is 6.87. The number of ether oxygens (including phenoxy) is 2. The van der Waals surface area contributed by atoms with Crippen molar-refractivity contribution < 1.29 is 61.0 Å². The summed E-state index contributed by atoms with van der Waals surface area (Å²) in [5, 5.41) is 10.3. The van der Waals surface area contributed by atoms with Crippen molar-refractivity contribution in [1.82, 2.24) is 4.98 Å². The number of phosphoric ester groups is 1. The van der Waals surface area contributed by atoms with E-state index in [9.17, 15) is 28.5 Å². The Morgan fingerprint density at radius 1 is 1.13 bits per heavy atom. The Morgan fingerprint density at radius 3 is 2.30 bits per heavy atom. The fourth-order valence-electron chi connectivity index (χ4n) is 2.66. The first-order valence-electron chi connectivity index (χ1n) is 7.98.